The fraction of sp³-hybridized carbons (Fsp3) is 0.500. The molecule has 0 N–H and O–H groups in total. The average Bonchev–Trinajstić information content (AvgIpc) is 2.56. The summed E-state index contributed by atoms with van der Waals surface area (Å²) in [6, 6.07) is 10.6. The zero-order chi connectivity index (χ0) is 16.2. The van der Waals surface area contributed by atoms with E-state index in [0.29, 0.717) is 11.1 Å². The van der Waals surface area contributed by atoms with Gasteiger partial charge in [0.1, 0.15) is 0 Å². The Morgan fingerprint density at radius 1 is 1.26 bits per heavy atom. The summed E-state index contributed by atoms with van der Waals surface area (Å²) in [5, 5.41) is 1.80. The zero-order valence-corrected chi connectivity index (χ0v) is 14.6. The Kier molecular flexibility index (Phi) is 5.49. The molecule has 0 bridgehead atoms. The first-order valence-electron chi connectivity index (χ1n) is 8.18. The van der Waals surface area contributed by atoms with Crippen molar-refractivity contribution < 1.29 is 4.74 Å². The Morgan fingerprint density at radius 3 is 2.83 bits per heavy atom. The van der Waals surface area contributed by atoms with E-state index in [-0.39, 0.29) is 0 Å². The molecule has 2 aromatic rings. The molecule has 0 radical (unpaired) electrons. The fourth-order valence-corrected chi connectivity index (χ4v) is 3.39. The molecule has 0 amide bonds. The van der Waals surface area contributed by atoms with Crippen LogP contribution in [0.3, 0.4) is 0 Å². The van der Waals surface area contributed by atoms with Crippen molar-refractivity contribution in [3.05, 3.63) is 41.0 Å². The van der Waals surface area contributed by atoms with Crippen molar-refractivity contribution in [2.24, 2.45) is 0 Å². The number of hydrogen-bond acceptors (Lipinski definition) is 4. The number of para-hydroxylation sites is 1. The van der Waals surface area contributed by atoms with Crippen LogP contribution in [0.2, 0.25) is 5.02 Å². The van der Waals surface area contributed by atoms with Crippen molar-refractivity contribution in [3.63, 3.8) is 0 Å². The first-order valence-corrected chi connectivity index (χ1v) is 8.56. The van der Waals surface area contributed by atoms with Gasteiger partial charge in [0, 0.05) is 37.6 Å². The lowest BCUT2D eigenvalue weighted by atomic mass is 10.2. The average molecular weight is 334 g/mol. The second-order valence-corrected chi connectivity index (χ2v) is 6.72. The largest absolute Gasteiger partial charge is 0.379 e. The monoisotopic (exact) mass is 333 g/mol. The minimum absolute atomic E-state index is 0.521. The Hall–Kier alpha value is -1.20. The van der Waals surface area contributed by atoms with Gasteiger partial charge in [-0.15, -0.1) is 0 Å². The zero-order valence-electron chi connectivity index (χ0n) is 13.8. The molecule has 1 aliphatic rings. The van der Waals surface area contributed by atoms with Gasteiger partial charge in [-0.05, 0) is 26.1 Å². The van der Waals surface area contributed by atoms with Crippen molar-refractivity contribution in [2.45, 2.75) is 19.5 Å². The molecule has 1 atom stereocenters. The molecule has 1 aromatic carbocycles. The molecule has 3 rings (SSSR count). The maximum Gasteiger partial charge on any atom is 0.0891 e. The van der Waals surface area contributed by atoms with E-state index >= 15 is 0 Å². The molecule has 0 spiro atoms. The van der Waals surface area contributed by atoms with Crippen molar-refractivity contribution in [2.75, 3.05) is 39.9 Å². The standard InChI is InChI=1S/C18H24ClN3O/c1-14(22-8-10-23-11-9-22)12-21(2)13-16-7-6-15-4-3-5-17(19)18(15)20-16/h3-7,14H,8-13H2,1-2H3/t14-/m1/s1. The van der Waals surface area contributed by atoms with Crippen LogP contribution in [-0.4, -0.2) is 60.7 Å². The number of rotatable bonds is 5. The highest BCUT2D eigenvalue weighted by atomic mass is 35.5. The van der Waals surface area contributed by atoms with Gasteiger partial charge in [0.15, 0.2) is 0 Å². The lowest BCUT2D eigenvalue weighted by Crippen LogP contribution is -2.46. The summed E-state index contributed by atoms with van der Waals surface area (Å²) >= 11 is 6.26. The minimum Gasteiger partial charge on any atom is -0.379 e. The summed E-state index contributed by atoms with van der Waals surface area (Å²) in [4.78, 5) is 9.54. The van der Waals surface area contributed by atoms with E-state index in [0.717, 1.165) is 56.0 Å². The van der Waals surface area contributed by atoms with E-state index in [1.54, 1.807) is 0 Å². The SMILES string of the molecule is C[C@H](CN(C)Cc1ccc2cccc(Cl)c2n1)N1CCOCC1. The van der Waals surface area contributed by atoms with Gasteiger partial charge in [0.2, 0.25) is 0 Å². The van der Waals surface area contributed by atoms with Crippen molar-refractivity contribution in [1.29, 1.82) is 0 Å². The predicted octanol–water partition coefficient (Wildman–Crippen LogP) is 3.04. The summed E-state index contributed by atoms with van der Waals surface area (Å²) in [6.45, 7) is 7.87. The Morgan fingerprint density at radius 2 is 2.04 bits per heavy atom. The van der Waals surface area contributed by atoms with Gasteiger partial charge in [-0.2, -0.15) is 0 Å². The van der Waals surface area contributed by atoms with Crippen molar-refractivity contribution in [3.8, 4) is 0 Å². The van der Waals surface area contributed by atoms with Gasteiger partial charge in [0.25, 0.3) is 0 Å². The van der Waals surface area contributed by atoms with E-state index in [1.807, 2.05) is 18.2 Å². The van der Waals surface area contributed by atoms with Crippen LogP contribution in [0.1, 0.15) is 12.6 Å². The molecular weight excluding hydrogens is 310 g/mol. The van der Waals surface area contributed by atoms with Crippen LogP contribution < -0.4 is 0 Å². The molecule has 5 heteroatoms. The van der Waals surface area contributed by atoms with Crippen LogP contribution in [0.5, 0.6) is 0 Å². The summed E-state index contributed by atoms with van der Waals surface area (Å²) in [6.07, 6.45) is 0. The molecular formula is C18H24ClN3O. The smallest absolute Gasteiger partial charge is 0.0891 e. The maximum absolute atomic E-state index is 6.26. The molecule has 0 aliphatic carbocycles. The summed E-state index contributed by atoms with van der Waals surface area (Å²) in [7, 11) is 2.15. The molecule has 1 aromatic heterocycles. The third-order valence-electron chi connectivity index (χ3n) is 4.41. The van der Waals surface area contributed by atoms with Crippen LogP contribution in [0.4, 0.5) is 0 Å². The van der Waals surface area contributed by atoms with E-state index in [1.165, 1.54) is 0 Å². The molecule has 1 fully saturated rings. The lowest BCUT2D eigenvalue weighted by molar-refractivity contribution is 0.0136. The normalized spacial score (nSPS) is 17.7. The van der Waals surface area contributed by atoms with E-state index in [2.05, 4.69) is 35.9 Å². The van der Waals surface area contributed by atoms with Gasteiger partial charge in [0.05, 0.1) is 29.4 Å². The van der Waals surface area contributed by atoms with Gasteiger partial charge in [-0.25, -0.2) is 4.98 Å². The summed E-state index contributed by atoms with van der Waals surface area (Å²) in [5.41, 5.74) is 1.95. The Labute approximate surface area is 143 Å². The lowest BCUT2D eigenvalue weighted by Gasteiger charge is -2.34. The Balaban J connectivity index is 1.63. The number of aromatic nitrogens is 1. The molecule has 0 saturated carbocycles. The third-order valence-corrected chi connectivity index (χ3v) is 4.71. The number of pyridine rings is 1. The van der Waals surface area contributed by atoms with Gasteiger partial charge < -0.3 is 4.74 Å². The molecule has 0 unspecified atom stereocenters. The summed E-state index contributed by atoms with van der Waals surface area (Å²) in [5.74, 6) is 0. The molecule has 1 saturated heterocycles. The molecule has 1 aliphatic heterocycles. The van der Waals surface area contributed by atoms with Gasteiger partial charge in [-0.1, -0.05) is 29.8 Å². The highest BCUT2D eigenvalue weighted by molar-refractivity contribution is 6.35. The summed E-state index contributed by atoms with van der Waals surface area (Å²) < 4.78 is 5.42. The van der Waals surface area contributed by atoms with Crippen LogP contribution in [-0.2, 0) is 11.3 Å². The van der Waals surface area contributed by atoms with E-state index < -0.39 is 0 Å². The highest BCUT2D eigenvalue weighted by Gasteiger charge is 2.18. The van der Waals surface area contributed by atoms with Crippen LogP contribution in [0.15, 0.2) is 30.3 Å². The number of likely N-dealkylation sites (N-methyl/N-ethyl adjacent to an activating group) is 1. The van der Waals surface area contributed by atoms with Crippen LogP contribution in [0.25, 0.3) is 10.9 Å². The van der Waals surface area contributed by atoms with Crippen molar-refractivity contribution in [1.82, 2.24) is 14.8 Å². The number of halogens is 1. The molecule has 4 nitrogen and oxygen atoms in total. The maximum atomic E-state index is 6.26. The Bertz CT molecular complexity index is 658. The van der Waals surface area contributed by atoms with Gasteiger partial charge in [-0.3, -0.25) is 9.80 Å². The first-order chi connectivity index (χ1) is 11.1. The predicted molar refractivity (Wildman–Crippen MR) is 94.9 cm³/mol. The number of benzene rings is 1. The molecule has 23 heavy (non-hydrogen) atoms. The van der Waals surface area contributed by atoms with Crippen LogP contribution in [0, 0.1) is 0 Å². The number of nitrogens with zero attached hydrogens (tertiary/aromatic N) is 3. The first kappa shape index (κ1) is 16.7. The number of morpholine rings is 1. The van der Waals surface area contributed by atoms with E-state index in [4.69, 9.17) is 21.3 Å². The third kappa shape index (κ3) is 4.21. The van der Waals surface area contributed by atoms with Gasteiger partial charge >= 0.3 is 0 Å². The number of hydrogen-bond donors (Lipinski definition) is 0. The second-order valence-electron chi connectivity index (χ2n) is 6.31. The highest BCUT2D eigenvalue weighted by Crippen LogP contribution is 2.21. The number of fused-ring (bicyclic) bond motifs is 1. The van der Waals surface area contributed by atoms with Crippen LogP contribution >= 0.6 is 11.6 Å². The van der Waals surface area contributed by atoms with E-state index in [9.17, 15) is 0 Å². The minimum atomic E-state index is 0.521. The second kappa shape index (κ2) is 7.58. The number of ether oxygens (including phenoxy) is 1. The van der Waals surface area contributed by atoms with Crippen molar-refractivity contribution >= 4 is 22.5 Å². The molecule has 124 valence electrons. The topological polar surface area (TPSA) is 28.6 Å². The fourth-order valence-electron chi connectivity index (χ4n) is 3.17. The quantitative estimate of drug-likeness (QED) is 0.841. The molecule has 2 heterocycles.